The lowest BCUT2D eigenvalue weighted by Gasteiger charge is -2.15. The maximum absolute atomic E-state index is 13.5. The fourth-order valence-corrected chi connectivity index (χ4v) is 2.25. The number of nitrogens with one attached hydrogen (secondary N) is 1. The number of aliphatic hydroxyl groups excluding tert-OH is 1. The molecule has 106 valence electrons. The Kier molecular flexibility index (Phi) is 4.96. The zero-order valence-corrected chi connectivity index (χ0v) is 12.5. The average molecular weight is 363 g/mol. The highest BCUT2D eigenvalue weighted by atomic mass is 79.9. The van der Waals surface area contributed by atoms with E-state index in [1.54, 1.807) is 18.2 Å². The molecule has 0 aromatic heterocycles. The number of halogens is 4. The summed E-state index contributed by atoms with van der Waals surface area (Å²) >= 11 is 9.12. The van der Waals surface area contributed by atoms with Crippen LogP contribution in [0.1, 0.15) is 11.7 Å². The topological polar surface area (TPSA) is 32.3 Å². The van der Waals surface area contributed by atoms with Crippen LogP contribution >= 0.6 is 27.5 Å². The van der Waals surface area contributed by atoms with Gasteiger partial charge in [0.1, 0.15) is 17.7 Å². The molecule has 0 fully saturated rings. The standard InChI is InChI=1S/C14H11BrClF2NO/c15-9-6-8(4-5-10(9)16)19-7-13(20)14-11(17)2-1-3-12(14)18/h1-6,13,19-20H,7H2. The SMILES string of the molecule is OC(CNc1ccc(Cl)c(Br)c1)c1c(F)cccc1F. The van der Waals surface area contributed by atoms with E-state index in [-0.39, 0.29) is 12.1 Å². The molecule has 0 saturated heterocycles. The Labute approximate surface area is 128 Å². The Morgan fingerprint density at radius 2 is 1.85 bits per heavy atom. The van der Waals surface area contributed by atoms with Gasteiger partial charge < -0.3 is 10.4 Å². The first-order valence-electron chi connectivity index (χ1n) is 5.80. The second kappa shape index (κ2) is 6.52. The van der Waals surface area contributed by atoms with Gasteiger partial charge in [0.2, 0.25) is 0 Å². The van der Waals surface area contributed by atoms with E-state index < -0.39 is 17.7 Å². The van der Waals surface area contributed by atoms with Crippen LogP contribution in [0.3, 0.4) is 0 Å². The van der Waals surface area contributed by atoms with Crippen molar-refractivity contribution >= 4 is 33.2 Å². The van der Waals surface area contributed by atoms with Crippen molar-refractivity contribution in [2.45, 2.75) is 6.10 Å². The van der Waals surface area contributed by atoms with E-state index in [1.807, 2.05) is 0 Å². The Bertz CT molecular complexity index is 604. The van der Waals surface area contributed by atoms with Crippen LogP contribution in [0, 0.1) is 11.6 Å². The molecule has 20 heavy (non-hydrogen) atoms. The number of hydrogen-bond acceptors (Lipinski definition) is 2. The number of aliphatic hydroxyl groups is 1. The molecule has 0 bridgehead atoms. The van der Waals surface area contributed by atoms with Crippen molar-refractivity contribution in [3.8, 4) is 0 Å². The molecule has 2 N–H and O–H groups in total. The summed E-state index contributed by atoms with van der Waals surface area (Å²) in [5.41, 5.74) is 0.338. The fourth-order valence-electron chi connectivity index (χ4n) is 1.75. The smallest absolute Gasteiger partial charge is 0.132 e. The van der Waals surface area contributed by atoms with Crippen LogP contribution in [0.25, 0.3) is 0 Å². The highest BCUT2D eigenvalue weighted by Gasteiger charge is 2.17. The van der Waals surface area contributed by atoms with Gasteiger partial charge in [0.25, 0.3) is 0 Å². The van der Waals surface area contributed by atoms with Gasteiger partial charge in [-0.1, -0.05) is 17.7 Å². The molecule has 2 aromatic rings. The number of benzene rings is 2. The van der Waals surface area contributed by atoms with Crippen molar-refractivity contribution in [3.05, 3.63) is 63.1 Å². The van der Waals surface area contributed by atoms with Crippen LogP contribution in [0.4, 0.5) is 14.5 Å². The Morgan fingerprint density at radius 3 is 2.45 bits per heavy atom. The Morgan fingerprint density at radius 1 is 1.20 bits per heavy atom. The summed E-state index contributed by atoms with van der Waals surface area (Å²) in [5, 5.41) is 13.3. The average Bonchev–Trinajstić information content (AvgIpc) is 2.40. The molecule has 0 saturated carbocycles. The minimum absolute atomic E-state index is 0.0219. The normalized spacial score (nSPS) is 12.2. The van der Waals surface area contributed by atoms with Gasteiger partial charge in [-0.25, -0.2) is 8.78 Å². The molecule has 0 amide bonds. The highest BCUT2D eigenvalue weighted by molar-refractivity contribution is 9.10. The van der Waals surface area contributed by atoms with Gasteiger partial charge in [-0.15, -0.1) is 0 Å². The van der Waals surface area contributed by atoms with Gasteiger partial charge in [0, 0.05) is 16.7 Å². The zero-order chi connectivity index (χ0) is 14.7. The molecule has 1 unspecified atom stereocenters. The molecule has 0 radical (unpaired) electrons. The van der Waals surface area contributed by atoms with E-state index in [1.165, 1.54) is 6.07 Å². The van der Waals surface area contributed by atoms with E-state index in [0.29, 0.717) is 15.2 Å². The van der Waals surface area contributed by atoms with Gasteiger partial charge in [0.15, 0.2) is 0 Å². The Hall–Kier alpha value is -1.17. The van der Waals surface area contributed by atoms with Crippen LogP contribution in [-0.2, 0) is 0 Å². The number of hydrogen-bond donors (Lipinski definition) is 2. The minimum Gasteiger partial charge on any atom is -0.386 e. The van der Waals surface area contributed by atoms with Crippen LogP contribution in [-0.4, -0.2) is 11.7 Å². The molecule has 1 atom stereocenters. The summed E-state index contributed by atoms with van der Waals surface area (Å²) in [5.74, 6) is -1.53. The molecule has 0 aliphatic carbocycles. The van der Waals surface area contributed by atoms with E-state index in [4.69, 9.17) is 11.6 Å². The van der Waals surface area contributed by atoms with Crippen LogP contribution < -0.4 is 5.32 Å². The second-order valence-corrected chi connectivity index (χ2v) is 5.42. The Balaban J connectivity index is 2.08. The predicted octanol–water partition coefficient (Wildman–Crippen LogP) is 4.53. The molecular weight excluding hydrogens is 352 g/mol. The summed E-state index contributed by atoms with van der Waals surface area (Å²) in [7, 11) is 0. The van der Waals surface area contributed by atoms with E-state index in [9.17, 15) is 13.9 Å². The largest absolute Gasteiger partial charge is 0.386 e. The van der Waals surface area contributed by atoms with Gasteiger partial charge in [-0.3, -0.25) is 0 Å². The summed E-state index contributed by atoms with van der Waals surface area (Å²) < 4.78 is 27.7. The molecule has 2 aromatic carbocycles. The quantitative estimate of drug-likeness (QED) is 0.838. The molecule has 0 aliphatic heterocycles. The highest BCUT2D eigenvalue weighted by Crippen LogP contribution is 2.26. The fraction of sp³-hybridized carbons (Fsp3) is 0.143. The van der Waals surface area contributed by atoms with E-state index in [2.05, 4.69) is 21.2 Å². The maximum atomic E-state index is 13.5. The molecule has 2 nitrogen and oxygen atoms in total. The third-order valence-electron chi connectivity index (χ3n) is 2.75. The third-order valence-corrected chi connectivity index (χ3v) is 3.97. The van der Waals surface area contributed by atoms with Crippen LogP contribution in [0.5, 0.6) is 0 Å². The summed E-state index contributed by atoms with van der Waals surface area (Å²) in [6.07, 6.45) is -1.29. The molecule has 2 rings (SSSR count). The van der Waals surface area contributed by atoms with Crippen molar-refractivity contribution in [2.24, 2.45) is 0 Å². The van der Waals surface area contributed by atoms with Gasteiger partial charge in [-0.05, 0) is 46.3 Å². The lowest BCUT2D eigenvalue weighted by molar-refractivity contribution is 0.181. The molecule has 0 heterocycles. The minimum atomic E-state index is -1.29. The van der Waals surface area contributed by atoms with Gasteiger partial charge in [0.05, 0.1) is 10.6 Å². The zero-order valence-electron chi connectivity index (χ0n) is 10.2. The summed E-state index contributed by atoms with van der Waals surface area (Å²) in [6.45, 7) is -0.0219. The van der Waals surface area contributed by atoms with Crippen LogP contribution in [0.2, 0.25) is 5.02 Å². The number of anilines is 1. The van der Waals surface area contributed by atoms with Gasteiger partial charge in [-0.2, -0.15) is 0 Å². The van der Waals surface area contributed by atoms with E-state index >= 15 is 0 Å². The van der Waals surface area contributed by atoms with Crippen molar-refractivity contribution in [1.82, 2.24) is 0 Å². The van der Waals surface area contributed by atoms with Crippen LogP contribution in [0.15, 0.2) is 40.9 Å². The third kappa shape index (κ3) is 3.48. The first-order valence-corrected chi connectivity index (χ1v) is 6.97. The summed E-state index contributed by atoms with van der Waals surface area (Å²) in [6, 6.07) is 8.57. The lowest BCUT2D eigenvalue weighted by Crippen LogP contribution is -2.15. The second-order valence-electron chi connectivity index (χ2n) is 4.16. The predicted molar refractivity (Wildman–Crippen MR) is 79.0 cm³/mol. The van der Waals surface area contributed by atoms with Gasteiger partial charge >= 0.3 is 0 Å². The maximum Gasteiger partial charge on any atom is 0.132 e. The molecular formula is C14H11BrClF2NO. The monoisotopic (exact) mass is 361 g/mol. The molecule has 6 heteroatoms. The van der Waals surface area contributed by atoms with E-state index in [0.717, 1.165) is 12.1 Å². The lowest BCUT2D eigenvalue weighted by atomic mass is 10.1. The first-order chi connectivity index (χ1) is 9.49. The van der Waals surface area contributed by atoms with Crippen molar-refractivity contribution in [1.29, 1.82) is 0 Å². The van der Waals surface area contributed by atoms with Crippen molar-refractivity contribution in [2.75, 3.05) is 11.9 Å². The number of rotatable bonds is 4. The summed E-state index contributed by atoms with van der Waals surface area (Å²) in [4.78, 5) is 0. The molecule has 0 aliphatic rings. The van der Waals surface area contributed by atoms with Crippen molar-refractivity contribution < 1.29 is 13.9 Å². The molecule has 0 spiro atoms. The first kappa shape index (κ1) is 15.2. The van der Waals surface area contributed by atoms with Crippen molar-refractivity contribution in [3.63, 3.8) is 0 Å².